The molecule has 0 heterocycles. The van der Waals surface area contributed by atoms with Crippen molar-refractivity contribution in [1.82, 2.24) is 10.2 Å². The van der Waals surface area contributed by atoms with Crippen molar-refractivity contribution in [3.05, 3.63) is 71.3 Å². The maximum atomic E-state index is 13.1. The summed E-state index contributed by atoms with van der Waals surface area (Å²) in [5.41, 5.74) is 2.96. The molecule has 1 atom stereocenters. The zero-order chi connectivity index (χ0) is 20.7. The molecule has 4 heteroatoms. The van der Waals surface area contributed by atoms with Crippen LogP contribution in [0.15, 0.2) is 54.6 Å². The smallest absolute Gasteiger partial charge is 0.242 e. The summed E-state index contributed by atoms with van der Waals surface area (Å²) in [5, 5.41) is 3.00. The van der Waals surface area contributed by atoms with Crippen LogP contribution in [0, 0.1) is 6.92 Å². The van der Waals surface area contributed by atoms with Crippen LogP contribution in [0.5, 0.6) is 0 Å². The Morgan fingerprint density at radius 3 is 2.21 bits per heavy atom. The first-order valence-electron chi connectivity index (χ1n) is 9.87. The highest BCUT2D eigenvalue weighted by Crippen LogP contribution is 2.16. The van der Waals surface area contributed by atoms with Gasteiger partial charge < -0.3 is 10.2 Å². The molecule has 0 aliphatic rings. The molecule has 0 saturated heterocycles. The molecule has 0 saturated carbocycles. The lowest BCUT2D eigenvalue weighted by Gasteiger charge is -2.32. The minimum Gasteiger partial charge on any atom is -0.350 e. The number of nitrogens with zero attached hydrogens (tertiary/aromatic N) is 1. The third-order valence-corrected chi connectivity index (χ3v) is 4.74. The fourth-order valence-electron chi connectivity index (χ4n) is 3.07. The molecule has 2 aromatic carbocycles. The molecule has 0 radical (unpaired) electrons. The average molecular weight is 381 g/mol. The predicted molar refractivity (Wildman–Crippen MR) is 114 cm³/mol. The number of amides is 2. The molecule has 0 aromatic heterocycles. The van der Waals surface area contributed by atoms with Gasteiger partial charge in [0.2, 0.25) is 11.8 Å². The molecule has 2 amide bonds. The van der Waals surface area contributed by atoms with E-state index < -0.39 is 6.04 Å². The molecule has 0 spiro atoms. The van der Waals surface area contributed by atoms with Crippen LogP contribution in [0.25, 0.3) is 0 Å². The van der Waals surface area contributed by atoms with Crippen molar-refractivity contribution in [2.75, 3.05) is 0 Å². The van der Waals surface area contributed by atoms with E-state index in [0.717, 1.165) is 16.7 Å². The lowest BCUT2D eigenvalue weighted by Crippen LogP contribution is -2.52. The first-order valence-corrected chi connectivity index (χ1v) is 9.87. The maximum Gasteiger partial charge on any atom is 0.242 e. The van der Waals surface area contributed by atoms with Crippen molar-refractivity contribution in [2.24, 2.45) is 0 Å². The van der Waals surface area contributed by atoms with Crippen LogP contribution in [0.4, 0.5) is 0 Å². The molecular formula is C24H32N2O2. The molecule has 2 aromatic rings. The summed E-state index contributed by atoms with van der Waals surface area (Å²) in [6.07, 6.45) is 1.04. The minimum atomic E-state index is -0.540. The summed E-state index contributed by atoms with van der Waals surface area (Å²) < 4.78 is 0. The van der Waals surface area contributed by atoms with Crippen molar-refractivity contribution in [1.29, 1.82) is 0 Å². The van der Waals surface area contributed by atoms with E-state index in [-0.39, 0.29) is 17.4 Å². The summed E-state index contributed by atoms with van der Waals surface area (Å²) in [5.74, 6) is -0.141. The predicted octanol–water partition coefficient (Wildman–Crippen LogP) is 4.26. The highest BCUT2D eigenvalue weighted by molar-refractivity contribution is 5.87. The van der Waals surface area contributed by atoms with Gasteiger partial charge in [-0.2, -0.15) is 0 Å². The molecule has 2 rings (SSSR count). The van der Waals surface area contributed by atoms with Crippen LogP contribution < -0.4 is 5.32 Å². The molecule has 150 valence electrons. The standard InChI is InChI=1S/C24H32N2O2/c1-18-11-9-10-14-21(18)17-26(19(2)23(28)25-24(3,4)5)22(27)16-15-20-12-7-6-8-13-20/h6-14,19H,15-17H2,1-5H3,(H,25,28). The number of carbonyl (C=O) groups excluding carboxylic acids is 2. The van der Waals surface area contributed by atoms with Crippen LogP contribution in [-0.4, -0.2) is 28.3 Å². The second-order valence-electron chi connectivity index (χ2n) is 8.35. The lowest BCUT2D eigenvalue weighted by molar-refractivity contribution is -0.141. The zero-order valence-corrected chi connectivity index (χ0v) is 17.7. The van der Waals surface area contributed by atoms with E-state index in [2.05, 4.69) is 5.32 Å². The van der Waals surface area contributed by atoms with Gasteiger partial charge in [-0.25, -0.2) is 0 Å². The number of hydrogen-bond donors (Lipinski definition) is 1. The van der Waals surface area contributed by atoms with Crippen LogP contribution in [-0.2, 0) is 22.6 Å². The van der Waals surface area contributed by atoms with E-state index >= 15 is 0 Å². The summed E-state index contributed by atoms with van der Waals surface area (Å²) in [6, 6.07) is 17.4. The van der Waals surface area contributed by atoms with E-state index in [1.54, 1.807) is 11.8 Å². The first kappa shape index (κ1) is 21.7. The Balaban J connectivity index is 2.18. The van der Waals surface area contributed by atoms with Crippen LogP contribution in [0.3, 0.4) is 0 Å². The normalized spacial score (nSPS) is 12.3. The molecule has 1 unspecified atom stereocenters. The maximum absolute atomic E-state index is 13.1. The van der Waals surface area contributed by atoms with Crippen molar-refractivity contribution >= 4 is 11.8 Å². The van der Waals surface area contributed by atoms with Crippen molar-refractivity contribution in [3.63, 3.8) is 0 Å². The van der Waals surface area contributed by atoms with Crippen LogP contribution in [0.1, 0.15) is 50.8 Å². The quantitative estimate of drug-likeness (QED) is 0.780. The van der Waals surface area contributed by atoms with Gasteiger partial charge in [0, 0.05) is 18.5 Å². The number of benzene rings is 2. The summed E-state index contributed by atoms with van der Waals surface area (Å²) in [7, 11) is 0. The molecule has 4 nitrogen and oxygen atoms in total. The van der Waals surface area contributed by atoms with Crippen LogP contribution in [0.2, 0.25) is 0 Å². The summed E-state index contributed by atoms with van der Waals surface area (Å²) >= 11 is 0. The average Bonchev–Trinajstić information content (AvgIpc) is 2.64. The lowest BCUT2D eigenvalue weighted by atomic mass is 10.0. The monoisotopic (exact) mass is 380 g/mol. The number of carbonyl (C=O) groups is 2. The third kappa shape index (κ3) is 6.52. The highest BCUT2D eigenvalue weighted by atomic mass is 16.2. The van der Waals surface area contributed by atoms with Gasteiger partial charge in [0.05, 0.1) is 0 Å². The molecular weight excluding hydrogens is 348 g/mol. The Bertz CT molecular complexity index is 794. The van der Waals surface area contributed by atoms with Gasteiger partial charge in [-0.05, 0) is 57.7 Å². The molecule has 0 aliphatic carbocycles. The highest BCUT2D eigenvalue weighted by Gasteiger charge is 2.28. The van der Waals surface area contributed by atoms with Gasteiger partial charge in [-0.15, -0.1) is 0 Å². The molecule has 1 N–H and O–H groups in total. The third-order valence-electron chi connectivity index (χ3n) is 4.74. The van der Waals surface area contributed by atoms with Gasteiger partial charge in [0.25, 0.3) is 0 Å². The van der Waals surface area contributed by atoms with Gasteiger partial charge in [0.15, 0.2) is 0 Å². The fourth-order valence-corrected chi connectivity index (χ4v) is 3.07. The molecule has 0 aliphatic heterocycles. The zero-order valence-electron chi connectivity index (χ0n) is 17.7. The topological polar surface area (TPSA) is 49.4 Å². The number of rotatable bonds is 7. The van der Waals surface area contributed by atoms with Crippen molar-refractivity contribution < 1.29 is 9.59 Å². The van der Waals surface area contributed by atoms with Crippen molar-refractivity contribution in [2.45, 2.75) is 65.6 Å². The SMILES string of the molecule is Cc1ccccc1CN(C(=O)CCc1ccccc1)C(C)C(=O)NC(C)(C)C. The van der Waals surface area contributed by atoms with Gasteiger partial charge in [-0.3, -0.25) is 9.59 Å². The Hall–Kier alpha value is -2.62. The van der Waals surface area contributed by atoms with E-state index in [4.69, 9.17) is 0 Å². The van der Waals surface area contributed by atoms with E-state index in [1.807, 2.05) is 82.3 Å². The Morgan fingerprint density at radius 1 is 1.00 bits per heavy atom. The largest absolute Gasteiger partial charge is 0.350 e. The minimum absolute atomic E-state index is 0.0105. The van der Waals surface area contributed by atoms with Crippen LogP contribution >= 0.6 is 0 Å². The summed E-state index contributed by atoms with van der Waals surface area (Å²) in [4.78, 5) is 27.5. The fraction of sp³-hybridized carbons (Fsp3) is 0.417. The second kappa shape index (κ2) is 9.54. The van der Waals surface area contributed by atoms with Gasteiger partial charge in [0.1, 0.15) is 6.04 Å². The Kier molecular flexibility index (Phi) is 7.38. The first-order chi connectivity index (χ1) is 13.2. The number of hydrogen-bond acceptors (Lipinski definition) is 2. The van der Waals surface area contributed by atoms with E-state index in [0.29, 0.717) is 19.4 Å². The van der Waals surface area contributed by atoms with Gasteiger partial charge in [-0.1, -0.05) is 54.6 Å². The number of aryl methyl sites for hydroxylation is 2. The Morgan fingerprint density at radius 2 is 1.61 bits per heavy atom. The molecule has 0 fully saturated rings. The second-order valence-corrected chi connectivity index (χ2v) is 8.35. The Labute approximate surface area is 169 Å². The van der Waals surface area contributed by atoms with Gasteiger partial charge >= 0.3 is 0 Å². The number of nitrogens with one attached hydrogen (secondary N) is 1. The van der Waals surface area contributed by atoms with E-state index in [9.17, 15) is 9.59 Å². The van der Waals surface area contributed by atoms with Crippen molar-refractivity contribution in [3.8, 4) is 0 Å². The molecule has 28 heavy (non-hydrogen) atoms. The molecule has 0 bridgehead atoms. The summed E-state index contributed by atoms with van der Waals surface area (Å²) in [6.45, 7) is 10.1. The van der Waals surface area contributed by atoms with E-state index in [1.165, 1.54) is 0 Å².